The van der Waals surface area contributed by atoms with Crippen LogP contribution >= 0.6 is 11.8 Å². The lowest BCUT2D eigenvalue weighted by molar-refractivity contribution is -0.142. The van der Waals surface area contributed by atoms with Crippen molar-refractivity contribution < 1.29 is 13.6 Å². The molecule has 0 aliphatic rings. The zero-order chi connectivity index (χ0) is 10.5. The highest BCUT2D eigenvalue weighted by atomic mass is 32.2. The summed E-state index contributed by atoms with van der Waals surface area (Å²) in [7, 11) is -2.69. The van der Waals surface area contributed by atoms with E-state index in [2.05, 4.69) is 4.74 Å². The first kappa shape index (κ1) is 5.43. The summed E-state index contributed by atoms with van der Waals surface area (Å²) in [5.74, 6) is -0.161. The van der Waals surface area contributed by atoms with Crippen molar-refractivity contribution >= 4 is 17.7 Å². The molecule has 2 N–H and O–H groups in total. The van der Waals surface area contributed by atoms with E-state index < -0.39 is 19.0 Å². The molecule has 0 aromatic heterocycles. The molecule has 10 heavy (non-hydrogen) atoms. The number of nitrogens with two attached hydrogens (primary N) is 1. The third-order valence-corrected chi connectivity index (χ3v) is 1.68. The molecule has 0 heterocycles. The van der Waals surface area contributed by atoms with E-state index in [-0.39, 0.29) is 0 Å². The molecule has 0 amide bonds. The molecule has 0 radical (unpaired) electrons. The molecule has 0 bridgehead atoms. The van der Waals surface area contributed by atoms with Gasteiger partial charge in [0.05, 0.1) is 11.2 Å². The molecule has 1 atom stereocenters. The number of carbonyl (C=O) groups excluding carboxylic acids is 1. The van der Waals surface area contributed by atoms with Crippen LogP contribution in [0.15, 0.2) is 0 Å². The summed E-state index contributed by atoms with van der Waals surface area (Å²) in [4.78, 5) is 10.9. The fraction of sp³-hybridized carbons (Fsp3) is 0.833. The van der Waals surface area contributed by atoms with Crippen LogP contribution < -0.4 is 5.73 Å². The molecule has 3 nitrogen and oxygen atoms in total. The Kier molecular flexibility index (Phi) is 3.02. The van der Waals surface area contributed by atoms with Gasteiger partial charge in [0.15, 0.2) is 0 Å². The number of esters is 1. The van der Waals surface area contributed by atoms with Crippen LogP contribution in [-0.2, 0) is 9.53 Å². The monoisotopic (exact) mass is 166 g/mol. The summed E-state index contributed by atoms with van der Waals surface area (Å²) in [5, 5.41) is 0. The zero-order valence-corrected chi connectivity index (χ0v) is 6.61. The molecular formula is C6H13NO2S. The fourth-order valence-electron chi connectivity index (χ4n) is 0.438. The molecule has 0 aromatic rings. The number of methoxy groups -OCH3 is 1. The second-order valence-corrected chi connectivity index (χ2v) is 2.79. The second kappa shape index (κ2) is 5.56. The van der Waals surface area contributed by atoms with Crippen molar-refractivity contribution in [3.63, 3.8) is 0 Å². The number of hydrogen-bond donors (Lipinski definition) is 1. The van der Waals surface area contributed by atoms with Crippen molar-refractivity contribution in [2.45, 2.75) is 12.5 Å². The molecule has 0 saturated carbocycles. The molecule has 4 heteroatoms. The van der Waals surface area contributed by atoms with Crippen molar-refractivity contribution in [3.8, 4) is 0 Å². The van der Waals surface area contributed by atoms with Crippen LogP contribution in [0.25, 0.3) is 0 Å². The van der Waals surface area contributed by atoms with Gasteiger partial charge in [-0.1, -0.05) is 0 Å². The Morgan fingerprint density at radius 1 is 2.00 bits per heavy atom. The highest BCUT2D eigenvalue weighted by Crippen LogP contribution is 1.99. The van der Waals surface area contributed by atoms with Crippen LogP contribution in [0.3, 0.4) is 0 Å². The van der Waals surface area contributed by atoms with Gasteiger partial charge in [-0.15, -0.1) is 0 Å². The van der Waals surface area contributed by atoms with Crippen LogP contribution in [-0.4, -0.2) is 31.1 Å². The maximum absolute atomic E-state index is 10.9. The fourth-order valence-corrected chi connectivity index (χ4v) is 0.928. The summed E-state index contributed by atoms with van der Waals surface area (Å²) in [6, 6.07) is -0.840. The Morgan fingerprint density at radius 2 is 2.70 bits per heavy atom. The van der Waals surface area contributed by atoms with E-state index in [0.717, 1.165) is 0 Å². The van der Waals surface area contributed by atoms with Crippen LogP contribution in [0, 0.1) is 0 Å². The molecule has 0 rings (SSSR count). The number of thioether (sulfide) groups is 1. The van der Waals surface area contributed by atoms with Gasteiger partial charge >= 0.3 is 5.97 Å². The highest BCUT2D eigenvalue weighted by molar-refractivity contribution is 7.98. The smallest absolute Gasteiger partial charge is 0.322 e. The molecule has 60 valence electrons. The van der Waals surface area contributed by atoms with E-state index >= 15 is 0 Å². The van der Waals surface area contributed by atoms with Gasteiger partial charge in [0.25, 0.3) is 0 Å². The topological polar surface area (TPSA) is 52.3 Å². The lowest BCUT2D eigenvalue weighted by Gasteiger charge is -2.06. The third kappa shape index (κ3) is 3.74. The summed E-state index contributed by atoms with van der Waals surface area (Å²) in [5.41, 5.74) is 5.37. The van der Waals surface area contributed by atoms with Gasteiger partial charge in [-0.3, -0.25) is 4.79 Å². The van der Waals surface area contributed by atoms with Crippen LogP contribution in [0.1, 0.15) is 10.5 Å². The van der Waals surface area contributed by atoms with Crippen molar-refractivity contribution in [2.24, 2.45) is 5.73 Å². The minimum Gasteiger partial charge on any atom is -0.468 e. The van der Waals surface area contributed by atoms with Crippen LogP contribution in [0.4, 0.5) is 0 Å². The number of hydrogen-bond acceptors (Lipinski definition) is 4. The van der Waals surface area contributed by atoms with Crippen molar-refractivity contribution in [1.82, 2.24) is 0 Å². The Morgan fingerprint density at radius 3 is 3.20 bits per heavy atom. The SMILES string of the molecule is [2H]C([2H])([2H])OC(=O)[C@@H](N)CCSC. The quantitative estimate of drug-likeness (QED) is 0.608. The second-order valence-electron chi connectivity index (χ2n) is 1.81. The number of carbonyl (C=O) groups is 1. The Bertz CT molecular complexity index is 174. The van der Waals surface area contributed by atoms with Gasteiger partial charge in [0, 0.05) is 0 Å². The van der Waals surface area contributed by atoms with E-state index in [0.29, 0.717) is 12.2 Å². The molecule has 0 saturated heterocycles. The predicted molar refractivity (Wildman–Crippen MR) is 43.0 cm³/mol. The predicted octanol–water partition coefficient (Wildman–Crippen LogP) is 0.240. The average molecular weight is 166 g/mol. The zero-order valence-electron chi connectivity index (χ0n) is 8.79. The van der Waals surface area contributed by atoms with Crippen molar-refractivity contribution in [2.75, 3.05) is 19.0 Å². The lowest BCUT2D eigenvalue weighted by Crippen LogP contribution is -2.31. The van der Waals surface area contributed by atoms with Gasteiger partial charge in [-0.05, 0) is 18.4 Å². The Hall–Kier alpha value is -0.220. The normalized spacial score (nSPS) is 18.4. The molecule has 0 fully saturated rings. The minimum absolute atomic E-state index is 0.427. The number of rotatable bonds is 4. The van der Waals surface area contributed by atoms with Crippen molar-refractivity contribution in [1.29, 1.82) is 0 Å². The van der Waals surface area contributed by atoms with Gasteiger partial charge in [-0.25, -0.2) is 0 Å². The van der Waals surface area contributed by atoms with E-state index in [1.165, 1.54) is 11.8 Å². The molecule has 0 aromatic carbocycles. The van der Waals surface area contributed by atoms with E-state index in [1.54, 1.807) is 0 Å². The maximum Gasteiger partial charge on any atom is 0.322 e. The molecule has 0 aliphatic carbocycles. The van der Waals surface area contributed by atoms with Crippen LogP contribution in [0.2, 0.25) is 0 Å². The first-order valence-electron chi connectivity index (χ1n) is 4.34. The third-order valence-electron chi connectivity index (χ3n) is 1.04. The van der Waals surface area contributed by atoms with Crippen molar-refractivity contribution in [3.05, 3.63) is 0 Å². The van der Waals surface area contributed by atoms with Gasteiger partial charge in [-0.2, -0.15) is 11.8 Å². The van der Waals surface area contributed by atoms with Crippen LogP contribution in [0.5, 0.6) is 0 Å². The Balaban J connectivity index is 3.83. The molecule has 0 spiro atoms. The highest BCUT2D eigenvalue weighted by Gasteiger charge is 2.11. The number of ether oxygens (including phenoxy) is 1. The van der Waals surface area contributed by atoms with E-state index in [9.17, 15) is 4.79 Å². The van der Waals surface area contributed by atoms with Gasteiger partial charge in [0.1, 0.15) is 6.04 Å². The summed E-state index contributed by atoms with van der Waals surface area (Å²) in [6.45, 7) is 0. The maximum atomic E-state index is 10.9. The standard InChI is InChI=1S/C6H13NO2S/c1-9-6(8)5(7)3-4-10-2/h5H,3-4,7H2,1-2H3/t5-/m0/s1/i1D3. The summed E-state index contributed by atoms with van der Waals surface area (Å²) in [6.07, 6.45) is 2.30. The van der Waals surface area contributed by atoms with E-state index in [1.807, 2.05) is 6.26 Å². The largest absolute Gasteiger partial charge is 0.468 e. The Labute approximate surface area is 69.5 Å². The average Bonchev–Trinajstić information content (AvgIpc) is 1.96. The lowest BCUT2D eigenvalue weighted by atomic mass is 10.2. The van der Waals surface area contributed by atoms with Gasteiger partial charge in [0.2, 0.25) is 0 Å². The first-order valence-corrected chi connectivity index (χ1v) is 4.23. The molecular weight excluding hydrogens is 150 g/mol. The molecule has 0 aliphatic heterocycles. The van der Waals surface area contributed by atoms with Gasteiger partial charge < -0.3 is 10.5 Å². The molecule has 0 unspecified atom stereocenters. The first-order chi connectivity index (χ1) is 5.87. The minimum atomic E-state index is -2.69. The van der Waals surface area contributed by atoms with E-state index in [4.69, 9.17) is 9.85 Å². The summed E-state index contributed by atoms with van der Waals surface area (Å²) >= 11 is 1.54. The summed E-state index contributed by atoms with van der Waals surface area (Å²) < 4.78 is 24.1.